The van der Waals surface area contributed by atoms with E-state index in [1.54, 1.807) is 14.1 Å². The molecule has 0 fully saturated rings. The van der Waals surface area contributed by atoms with Crippen LogP contribution in [0.15, 0.2) is 42.5 Å². The Labute approximate surface area is 191 Å². The predicted molar refractivity (Wildman–Crippen MR) is 127 cm³/mol. The number of amides is 2. The number of benzene rings is 2. The Morgan fingerprint density at radius 3 is 2.47 bits per heavy atom. The van der Waals surface area contributed by atoms with E-state index in [4.69, 9.17) is 9.47 Å². The van der Waals surface area contributed by atoms with E-state index >= 15 is 0 Å². The van der Waals surface area contributed by atoms with Crippen molar-refractivity contribution in [1.29, 1.82) is 0 Å². The van der Waals surface area contributed by atoms with Crippen molar-refractivity contribution < 1.29 is 19.1 Å². The van der Waals surface area contributed by atoms with Gasteiger partial charge >= 0.3 is 0 Å². The highest BCUT2D eigenvalue weighted by molar-refractivity contribution is 5.77. The fourth-order valence-electron chi connectivity index (χ4n) is 3.27. The Bertz CT molecular complexity index is 895. The first-order valence-corrected chi connectivity index (χ1v) is 11.2. The minimum Gasteiger partial charge on any atom is -0.493 e. The molecule has 174 valence electrons. The molecule has 2 amide bonds. The summed E-state index contributed by atoms with van der Waals surface area (Å²) >= 11 is 0. The number of carbonyl (C=O) groups excluding carboxylic acids is 2. The van der Waals surface area contributed by atoms with Gasteiger partial charge in [-0.3, -0.25) is 9.59 Å². The van der Waals surface area contributed by atoms with Gasteiger partial charge in [0.2, 0.25) is 5.91 Å². The molecule has 2 aromatic carbocycles. The smallest absolute Gasteiger partial charge is 0.259 e. The Hall–Kier alpha value is -3.02. The fraction of sp³-hybridized carbons (Fsp3) is 0.462. The molecule has 2 aromatic rings. The minimum absolute atomic E-state index is 0.00255. The highest BCUT2D eigenvalue weighted by Crippen LogP contribution is 2.27. The zero-order valence-electron chi connectivity index (χ0n) is 19.9. The molecule has 0 aliphatic carbocycles. The maximum absolute atomic E-state index is 12.5. The topological polar surface area (TPSA) is 67.9 Å². The molecule has 6 nitrogen and oxygen atoms in total. The summed E-state index contributed by atoms with van der Waals surface area (Å²) in [6.45, 7) is 6.65. The van der Waals surface area contributed by atoms with Crippen LogP contribution in [0.25, 0.3) is 0 Å². The first kappa shape index (κ1) is 25.2. The number of nitrogens with zero attached hydrogens (tertiary/aromatic N) is 1. The number of carbonyl (C=O) groups is 2. The van der Waals surface area contributed by atoms with Crippen LogP contribution in [0.5, 0.6) is 11.5 Å². The van der Waals surface area contributed by atoms with E-state index in [2.05, 4.69) is 17.4 Å². The van der Waals surface area contributed by atoms with Gasteiger partial charge in [-0.2, -0.15) is 0 Å². The van der Waals surface area contributed by atoms with Crippen molar-refractivity contribution in [3.05, 3.63) is 59.2 Å². The molecule has 0 radical (unpaired) electrons. The maximum atomic E-state index is 12.5. The summed E-state index contributed by atoms with van der Waals surface area (Å²) in [5.41, 5.74) is 3.17. The lowest BCUT2D eigenvalue weighted by Gasteiger charge is -2.21. The number of likely N-dealkylation sites (N-methyl/N-ethyl adjacent to an activating group) is 1. The third-order valence-corrected chi connectivity index (χ3v) is 5.29. The lowest BCUT2D eigenvalue weighted by atomic mass is 10.0. The van der Waals surface area contributed by atoms with Gasteiger partial charge in [0, 0.05) is 26.1 Å². The van der Waals surface area contributed by atoms with Crippen molar-refractivity contribution in [3.8, 4) is 11.5 Å². The van der Waals surface area contributed by atoms with Crippen LogP contribution in [0.1, 0.15) is 55.3 Å². The second kappa shape index (κ2) is 12.7. The van der Waals surface area contributed by atoms with E-state index in [0.29, 0.717) is 18.8 Å². The number of unbranched alkanes of at least 4 members (excludes halogenated alkanes) is 1. The number of nitrogens with one attached hydrogen (secondary N) is 1. The molecule has 1 N–H and O–H groups in total. The fourth-order valence-corrected chi connectivity index (χ4v) is 3.27. The van der Waals surface area contributed by atoms with Crippen molar-refractivity contribution >= 4 is 11.8 Å². The van der Waals surface area contributed by atoms with Crippen LogP contribution < -0.4 is 14.8 Å². The second-order valence-corrected chi connectivity index (χ2v) is 8.22. The summed E-state index contributed by atoms with van der Waals surface area (Å²) in [5, 5.41) is 3.10. The third-order valence-electron chi connectivity index (χ3n) is 5.29. The van der Waals surface area contributed by atoms with Gasteiger partial charge in [0.15, 0.2) is 6.61 Å². The van der Waals surface area contributed by atoms with Crippen molar-refractivity contribution in [2.24, 2.45) is 0 Å². The zero-order valence-corrected chi connectivity index (χ0v) is 19.9. The minimum atomic E-state index is -0.167. The average Bonchev–Trinajstić information content (AvgIpc) is 2.78. The van der Waals surface area contributed by atoms with Gasteiger partial charge < -0.3 is 19.7 Å². The van der Waals surface area contributed by atoms with E-state index in [9.17, 15) is 9.59 Å². The van der Waals surface area contributed by atoms with Crippen LogP contribution in [-0.4, -0.2) is 44.0 Å². The molecule has 0 saturated carbocycles. The van der Waals surface area contributed by atoms with Gasteiger partial charge in [-0.05, 0) is 56.4 Å². The van der Waals surface area contributed by atoms with E-state index < -0.39 is 0 Å². The third kappa shape index (κ3) is 7.91. The van der Waals surface area contributed by atoms with Crippen LogP contribution >= 0.6 is 0 Å². The van der Waals surface area contributed by atoms with E-state index in [-0.39, 0.29) is 24.5 Å². The van der Waals surface area contributed by atoms with Gasteiger partial charge in [0.1, 0.15) is 11.5 Å². The molecular formula is C26H36N2O4. The standard InChI is InChI=1S/C26H36N2O4/c1-6-22(21-11-7-8-12-23(21)32-18-26(30)28(4)5)27-25(29)13-9-10-16-31-24-17-19(2)14-15-20(24)3/h7-8,11-12,14-15,17,22H,6,9-10,13,16,18H2,1-5H3,(H,27,29). The summed E-state index contributed by atoms with van der Waals surface area (Å²) in [4.78, 5) is 25.9. The monoisotopic (exact) mass is 440 g/mol. The molecular weight excluding hydrogens is 404 g/mol. The van der Waals surface area contributed by atoms with Crippen molar-refractivity contribution in [2.45, 2.75) is 52.5 Å². The summed E-state index contributed by atoms with van der Waals surface area (Å²) in [6.07, 6.45) is 2.73. The second-order valence-electron chi connectivity index (χ2n) is 8.22. The Morgan fingerprint density at radius 2 is 1.75 bits per heavy atom. The Balaban J connectivity index is 1.82. The first-order chi connectivity index (χ1) is 15.3. The molecule has 0 aliphatic heterocycles. The zero-order chi connectivity index (χ0) is 23.5. The Morgan fingerprint density at radius 1 is 1.00 bits per heavy atom. The number of ether oxygens (including phenoxy) is 2. The predicted octanol–water partition coefficient (Wildman–Crippen LogP) is 4.59. The molecule has 1 atom stereocenters. The van der Waals surface area contributed by atoms with E-state index in [0.717, 1.165) is 36.1 Å². The largest absolute Gasteiger partial charge is 0.493 e. The Kier molecular flexibility index (Phi) is 10.1. The van der Waals surface area contributed by atoms with E-state index in [1.165, 1.54) is 10.5 Å². The van der Waals surface area contributed by atoms with Crippen LogP contribution in [0, 0.1) is 13.8 Å². The van der Waals surface area contributed by atoms with Crippen LogP contribution in [0.2, 0.25) is 0 Å². The quantitative estimate of drug-likeness (QED) is 0.490. The van der Waals surface area contributed by atoms with Crippen molar-refractivity contribution in [3.63, 3.8) is 0 Å². The van der Waals surface area contributed by atoms with Gasteiger partial charge in [-0.15, -0.1) is 0 Å². The molecule has 0 aromatic heterocycles. The maximum Gasteiger partial charge on any atom is 0.259 e. The van der Waals surface area contributed by atoms with Crippen molar-refractivity contribution in [2.75, 3.05) is 27.3 Å². The molecule has 6 heteroatoms. The molecule has 0 saturated heterocycles. The highest BCUT2D eigenvalue weighted by atomic mass is 16.5. The molecule has 2 rings (SSSR count). The van der Waals surface area contributed by atoms with Gasteiger partial charge in [0.05, 0.1) is 12.6 Å². The van der Waals surface area contributed by atoms with Crippen LogP contribution in [0.3, 0.4) is 0 Å². The van der Waals surface area contributed by atoms with Gasteiger partial charge in [0.25, 0.3) is 5.91 Å². The molecule has 32 heavy (non-hydrogen) atoms. The normalized spacial score (nSPS) is 11.5. The summed E-state index contributed by atoms with van der Waals surface area (Å²) in [5.74, 6) is 1.42. The number of hydrogen-bond acceptors (Lipinski definition) is 4. The SMILES string of the molecule is CCC(NC(=O)CCCCOc1cc(C)ccc1C)c1ccccc1OCC(=O)N(C)C. The molecule has 0 aliphatic rings. The van der Waals surface area contributed by atoms with Crippen LogP contribution in [-0.2, 0) is 9.59 Å². The number of aryl methyl sites for hydroxylation is 2. The highest BCUT2D eigenvalue weighted by Gasteiger charge is 2.17. The van der Waals surface area contributed by atoms with E-state index in [1.807, 2.05) is 51.1 Å². The van der Waals surface area contributed by atoms with Gasteiger partial charge in [-0.1, -0.05) is 37.3 Å². The lowest BCUT2D eigenvalue weighted by Crippen LogP contribution is -2.30. The summed E-state index contributed by atoms with van der Waals surface area (Å²) in [7, 11) is 3.39. The molecule has 1 unspecified atom stereocenters. The van der Waals surface area contributed by atoms with Crippen LogP contribution in [0.4, 0.5) is 0 Å². The molecule has 0 heterocycles. The molecule has 0 bridgehead atoms. The average molecular weight is 441 g/mol. The number of para-hydroxylation sites is 1. The number of rotatable bonds is 12. The lowest BCUT2D eigenvalue weighted by molar-refractivity contribution is -0.130. The number of hydrogen-bond donors (Lipinski definition) is 1. The summed E-state index contributed by atoms with van der Waals surface area (Å²) in [6, 6.07) is 13.5. The summed E-state index contributed by atoms with van der Waals surface area (Å²) < 4.78 is 11.6. The molecule has 0 spiro atoms. The van der Waals surface area contributed by atoms with Crippen molar-refractivity contribution in [1.82, 2.24) is 10.2 Å². The van der Waals surface area contributed by atoms with Gasteiger partial charge in [-0.25, -0.2) is 0 Å². The first-order valence-electron chi connectivity index (χ1n) is 11.2.